The van der Waals surface area contributed by atoms with E-state index in [4.69, 9.17) is 11.6 Å². The van der Waals surface area contributed by atoms with Crippen LogP contribution in [0.1, 0.15) is 36.0 Å². The molecule has 30 heavy (non-hydrogen) atoms. The van der Waals surface area contributed by atoms with Gasteiger partial charge in [0.2, 0.25) is 10.0 Å². The van der Waals surface area contributed by atoms with Crippen LogP contribution in [0, 0.1) is 0 Å². The van der Waals surface area contributed by atoms with Gasteiger partial charge in [-0.15, -0.1) is 0 Å². The van der Waals surface area contributed by atoms with Crippen LogP contribution in [0.5, 0.6) is 5.75 Å². The number of amides is 1. The predicted octanol–water partition coefficient (Wildman–Crippen LogP) is 4.76. The molecule has 6 nitrogen and oxygen atoms in total. The van der Waals surface area contributed by atoms with E-state index in [0.717, 1.165) is 25.7 Å². The average molecular weight is 459 g/mol. The number of hydrogen-bond donors (Lipinski definition) is 1. The topological polar surface area (TPSA) is 75.7 Å². The lowest BCUT2D eigenvalue weighted by atomic mass is 10.2. The van der Waals surface area contributed by atoms with E-state index in [0.29, 0.717) is 13.1 Å². The van der Waals surface area contributed by atoms with Gasteiger partial charge in [-0.3, -0.25) is 4.79 Å². The summed E-state index contributed by atoms with van der Waals surface area (Å²) in [6, 6.07) is 9.64. The highest BCUT2D eigenvalue weighted by molar-refractivity contribution is 7.89. The molecule has 0 atom stereocenters. The molecular formula is C20H21ClF2N2O4S. The van der Waals surface area contributed by atoms with E-state index in [-0.39, 0.29) is 26.9 Å². The maximum atomic E-state index is 13.1. The third kappa shape index (κ3) is 5.27. The van der Waals surface area contributed by atoms with E-state index in [1.807, 2.05) is 0 Å². The number of nitrogens with one attached hydrogen (secondary N) is 1. The Labute approximate surface area is 178 Å². The fraction of sp³-hybridized carbons (Fsp3) is 0.350. The van der Waals surface area contributed by atoms with Crippen molar-refractivity contribution < 1.29 is 26.7 Å². The minimum atomic E-state index is -3.87. The molecule has 1 saturated heterocycles. The van der Waals surface area contributed by atoms with Crippen LogP contribution in [0.3, 0.4) is 0 Å². The van der Waals surface area contributed by atoms with E-state index in [1.54, 1.807) is 6.07 Å². The van der Waals surface area contributed by atoms with Crippen LogP contribution in [0.4, 0.5) is 14.5 Å². The van der Waals surface area contributed by atoms with Crippen LogP contribution in [-0.4, -0.2) is 38.3 Å². The zero-order valence-corrected chi connectivity index (χ0v) is 17.6. The maximum absolute atomic E-state index is 13.1. The van der Waals surface area contributed by atoms with Crippen molar-refractivity contribution in [3.8, 4) is 5.75 Å². The molecule has 0 saturated carbocycles. The third-order valence-corrected chi connectivity index (χ3v) is 7.11. The minimum absolute atomic E-state index is 0.0113. The SMILES string of the molecule is O=C(Nc1ccccc1OC(F)F)c1ccc(Cl)c(S(=O)(=O)N2CCCCCC2)c1. The summed E-state index contributed by atoms with van der Waals surface area (Å²) in [5.41, 5.74) is 0.0642. The van der Waals surface area contributed by atoms with Crippen LogP contribution in [-0.2, 0) is 10.0 Å². The van der Waals surface area contributed by atoms with E-state index in [2.05, 4.69) is 10.1 Å². The molecule has 2 aromatic carbocycles. The summed E-state index contributed by atoms with van der Waals surface area (Å²) in [6.45, 7) is -2.26. The second-order valence-corrected chi connectivity index (χ2v) is 9.11. The molecule has 162 valence electrons. The van der Waals surface area contributed by atoms with Crippen LogP contribution in [0.25, 0.3) is 0 Å². The summed E-state index contributed by atoms with van der Waals surface area (Å²) < 4.78 is 57.1. The molecule has 0 spiro atoms. The fourth-order valence-corrected chi connectivity index (χ4v) is 5.24. The molecule has 0 radical (unpaired) electrons. The molecule has 1 N–H and O–H groups in total. The highest BCUT2D eigenvalue weighted by Crippen LogP contribution is 2.29. The Morgan fingerprint density at radius 1 is 1.07 bits per heavy atom. The van der Waals surface area contributed by atoms with Crippen molar-refractivity contribution >= 4 is 33.2 Å². The third-order valence-electron chi connectivity index (χ3n) is 4.73. The molecule has 10 heteroatoms. The zero-order chi connectivity index (χ0) is 21.7. The number of carbonyl (C=O) groups excluding carboxylic acids is 1. The van der Waals surface area contributed by atoms with Crippen LogP contribution < -0.4 is 10.1 Å². The van der Waals surface area contributed by atoms with Gasteiger partial charge in [0.1, 0.15) is 10.6 Å². The zero-order valence-electron chi connectivity index (χ0n) is 16.0. The van der Waals surface area contributed by atoms with E-state index in [9.17, 15) is 22.0 Å². The summed E-state index contributed by atoms with van der Waals surface area (Å²) in [4.78, 5) is 12.5. The normalized spacial score (nSPS) is 15.6. The lowest BCUT2D eigenvalue weighted by Gasteiger charge is -2.21. The molecule has 1 heterocycles. The molecule has 3 rings (SSSR count). The van der Waals surface area contributed by atoms with Crippen LogP contribution in [0.2, 0.25) is 5.02 Å². The average Bonchev–Trinajstić information content (AvgIpc) is 2.99. The Morgan fingerprint density at radius 2 is 1.73 bits per heavy atom. The van der Waals surface area contributed by atoms with Gasteiger partial charge in [-0.05, 0) is 43.2 Å². The highest BCUT2D eigenvalue weighted by atomic mass is 35.5. The number of sulfonamides is 1. The molecule has 0 aromatic heterocycles. The number of hydrogen-bond acceptors (Lipinski definition) is 4. The van der Waals surface area contributed by atoms with Gasteiger partial charge >= 0.3 is 6.61 Å². The van der Waals surface area contributed by atoms with E-state index < -0.39 is 22.5 Å². The molecule has 0 unspecified atom stereocenters. The van der Waals surface area contributed by atoms with Gasteiger partial charge in [-0.2, -0.15) is 13.1 Å². The van der Waals surface area contributed by atoms with Gasteiger partial charge in [-0.1, -0.05) is 36.6 Å². The van der Waals surface area contributed by atoms with Crippen LogP contribution >= 0.6 is 11.6 Å². The molecule has 0 aliphatic carbocycles. The Bertz CT molecular complexity index is 1010. The lowest BCUT2D eigenvalue weighted by molar-refractivity contribution is -0.0493. The van der Waals surface area contributed by atoms with Gasteiger partial charge in [0.05, 0.1) is 10.7 Å². The summed E-state index contributed by atoms with van der Waals surface area (Å²) in [5.74, 6) is -0.878. The number of alkyl halides is 2. The standard InChI is InChI=1S/C20H21ClF2N2O4S/c21-15-10-9-14(13-18(15)30(27,28)25-11-5-1-2-6-12-25)19(26)24-16-7-3-4-8-17(16)29-20(22)23/h3-4,7-10,13,20H,1-2,5-6,11-12H2,(H,24,26). The summed E-state index contributed by atoms with van der Waals surface area (Å²) in [5, 5.41) is 2.48. The lowest BCUT2D eigenvalue weighted by Crippen LogP contribution is -2.32. The van der Waals surface area contributed by atoms with E-state index >= 15 is 0 Å². The van der Waals surface area contributed by atoms with Crippen molar-refractivity contribution in [1.82, 2.24) is 4.31 Å². The number of anilines is 1. The Kier molecular flexibility index (Phi) is 7.27. The van der Waals surface area contributed by atoms with Crippen LogP contribution in [0.15, 0.2) is 47.4 Å². The van der Waals surface area contributed by atoms with Crippen molar-refractivity contribution in [3.05, 3.63) is 53.1 Å². The molecular weight excluding hydrogens is 438 g/mol. The molecule has 0 bridgehead atoms. The summed E-state index contributed by atoms with van der Waals surface area (Å²) >= 11 is 6.15. The number of nitrogens with zero attached hydrogens (tertiary/aromatic N) is 1. The van der Waals surface area contributed by atoms with Crippen molar-refractivity contribution in [3.63, 3.8) is 0 Å². The number of ether oxygens (including phenoxy) is 1. The van der Waals surface area contributed by atoms with Gasteiger partial charge in [-0.25, -0.2) is 8.42 Å². The first-order valence-corrected chi connectivity index (χ1v) is 11.3. The smallest absolute Gasteiger partial charge is 0.387 e. The predicted molar refractivity (Wildman–Crippen MR) is 110 cm³/mol. The highest BCUT2D eigenvalue weighted by Gasteiger charge is 2.28. The summed E-state index contributed by atoms with van der Waals surface area (Å²) in [7, 11) is -3.87. The second kappa shape index (κ2) is 9.72. The molecule has 1 aliphatic heterocycles. The largest absolute Gasteiger partial charge is 0.433 e. The molecule has 2 aromatic rings. The van der Waals surface area contributed by atoms with Crippen molar-refractivity contribution in [1.29, 1.82) is 0 Å². The van der Waals surface area contributed by atoms with Gasteiger partial charge in [0, 0.05) is 18.7 Å². The number of carbonyl (C=O) groups is 1. The maximum Gasteiger partial charge on any atom is 0.387 e. The number of rotatable bonds is 6. The Morgan fingerprint density at radius 3 is 2.40 bits per heavy atom. The second-order valence-electron chi connectivity index (χ2n) is 6.79. The quantitative estimate of drug-likeness (QED) is 0.677. The minimum Gasteiger partial charge on any atom is -0.433 e. The van der Waals surface area contributed by atoms with Gasteiger partial charge < -0.3 is 10.1 Å². The Hall–Kier alpha value is -2.23. The first-order chi connectivity index (χ1) is 14.3. The molecule has 1 aliphatic rings. The van der Waals surface area contributed by atoms with Gasteiger partial charge in [0.15, 0.2) is 0 Å². The molecule has 1 fully saturated rings. The first-order valence-electron chi connectivity index (χ1n) is 9.44. The van der Waals surface area contributed by atoms with Gasteiger partial charge in [0.25, 0.3) is 5.91 Å². The van der Waals surface area contributed by atoms with Crippen molar-refractivity contribution in [2.24, 2.45) is 0 Å². The monoisotopic (exact) mass is 458 g/mol. The summed E-state index contributed by atoms with van der Waals surface area (Å²) in [6.07, 6.45) is 3.44. The number of benzene rings is 2. The molecule has 1 amide bonds. The number of para-hydroxylation sites is 2. The first kappa shape index (κ1) is 22.5. The Balaban J connectivity index is 1.87. The van der Waals surface area contributed by atoms with Crippen molar-refractivity contribution in [2.45, 2.75) is 37.2 Å². The number of halogens is 3. The fourth-order valence-electron chi connectivity index (χ4n) is 3.23. The van der Waals surface area contributed by atoms with Crippen molar-refractivity contribution in [2.75, 3.05) is 18.4 Å². The van der Waals surface area contributed by atoms with E-state index in [1.165, 1.54) is 40.7 Å².